The summed E-state index contributed by atoms with van der Waals surface area (Å²) in [6.07, 6.45) is 4.37. The van der Waals surface area contributed by atoms with Crippen LogP contribution in [0.15, 0.2) is 47.4 Å². The number of anilines is 4. The van der Waals surface area contributed by atoms with Gasteiger partial charge in [0.05, 0.1) is 40.0 Å². The van der Waals surface area contributed by atoms with E-state index in [1.54, 1.807) is 34.7 Å². The van der Waals surface area contributed by atoms with Crippen molar-refractivity contribution < 1.29 is 14.7 Å². The van der Waals surface area contributed by atoms with Crippen molar-refractivity contribution in [2.45, 2.75) is 70.1 Å². The number of hydrogen-bond acceptors (Lipinski definition) is 11. The number of fused-ring (bicyclic) bond motifs is 2. The molecule has 15 heteroatoms. The number of carbonyl (C=O) groups excluding carboxylic acids is 2. The first-order chi connectivity index (χ1) is 24.4. The number of aromatic nitrogens is 6. The van der Waals surface area contributed by atoms with Crippen LogP contribution in [0.4, 0.5) is 23.1 Å². The average molecular weight is 692 g/mol. The number of rotatable bonds is 9. The third-order valence-electron chi connectivity index (χ3n) is 9.85. The molecule has 15 nitrogen and oxygen atoms in total. The summed E-state index contributed by atoms with van der Waals surface area (Å²) >= 11 is 0. The maximum absolute atomic E-state index is 13.0. The van der Waals surface area contributed by atoms with Gasteiger partial charge in [-0.3, -0.25) is 28.7 Å². The average Bonchev–Trinajstić information content (AvgIpc) is 3.54. The van der Waals surface area contributed by atoms with E-state index in [0.29, 0.717) is 67.6 Å². The van der Waals surface area contributed by atoms with Crippen LogP contribution >= 0.6 is 0 Å². The van der Waals surface area contributed by atoms with E-state index < -0.39 is 11.5 Å². The van der Waals surface area contributed by atoms with Crippen molar-refractivity contribution in [3.63, 3.8) is 0 Å². The van der Waals surface area contributed by atoms with Gasteiger partial charge in [-0.25, -0.2) is 9.78 Å². The molecule has 2 fully saturated rings. The molecule has 1 unspecified atom stereocenters. The molecule has 2 aromatic carbocycles. The van der Waals surface area contributed by atoms with Crippen LogP contribution in [-0.2, 0) is 30.2 Å². The predicted octanol–water partition coefficient (Wildman–Crippen LogP) is 3.39. The summed E-state index contributed by atoms with van der Waals surface area (Å²) in [5.41, 5.74) is 3.93. The quantitative estimate of drug-likeness (QED) is 0.166. The Labute approximate surface area is 293 Å². The van der Waals surface area contributed by atoms with Gasteiger partial charge in [0.2, 0.25) is 17.8 Å². The van der Waals surface area contributed by atoms with E-state index in [4.69, 9.17) is 4.98 Å². The third kappa shape index (κ3) is 6.74. The summed E-state index contributed by atoms with van der Waals surface area (Å²) in [7, 11) is 3.58. The Bertz CT molecular complexity index is 2260. The monoisotopic (exact) mass is 691 g/mol. The van der Waals surface area contributed by atoms with Crippen molar-refractivity contribution in [3.05, 3.63) is 64.3 Å². The van der Waals surface area contributed by atoms with Crippen LogP contribution in [0.5, 0.6) is 0 Å². The van der Waals surface area contributed by atoms with Gasteiger partial charge in [0, 0.05) is 63.0 Å². The van der Waals surface area contributed by atoms with Gasteiger partial charge in [0.15, 0.2) is 5.82 Å². The number of amides is 2. The second-order valence-corrected chi connectivity index (χ2v) is 14.1. The van der Waals surface area contributed by atoms with Crippen LogP contribution in [0, 0.1) is 11.3 Å². The molecular weight excluding hydrogens is 650 g/mol. The Morgan fingerprint density at radius 2 is 1.76 bits per heavy atom. The zero-order valence-corrected chi connectivity index (χ0v) is 29.1. The topological polar surface area (TPSA) is 188 Å². The van der Waals surface area contributed by atoms with Gasteiger partial charge in [-0.2, -0.15) is 15.3 Å². The van der Waals surface area contributed by atoms with Crippen molar-refractivity contribution in [2.75, 3.05) is 28.6 Å². The van der Waals surface area contributed by atoms with Crippen molar-refractivity contribution in [3.8, 4) is 6.07 Å². The first-order valence-electron chi connectivity index (χ1n) is 17.2. The standard InChI is InChI=1S/C36H41N11O4/c1-36(2,51)13-16-47-29-18-24(6-9-27(29)44(3)35(47)50)40-32-21(19-37)20-38-34(42-32)46-14-11-22(12-15-46)39-23-5-7-25-28(17-23)45(4)43-31(25)26-8-10-30(48)41-33(26)49/h5-7,9,17-18,20,22,26,39,51H,8,10-16H2,1-4H3,(H,38,40,42)(H,41,48,49). The summed E-state index contributed by atoms with van der Waals surface area (Å²) < 4.78 is 5.02. The third-order valence-corrected chi connectivity index (χ3v) is 9.85. The molecule has 2 aliphatic rings. The summed E-state index contributed by atoms with van der Waals surface area (Å²) in [5, 5.41) is 35.0. The Morgan fingerprint density at radius 1 is 1.02 bits per heavy atom. The fourth-order valence-corrected chi connectivity index (χ4v) is 6.97. The van der Waals surface area contributed by atoms with Crippen LogP contribution < -0.4 is 26.5 Å². The smallest absolute Gasteiger partial charge is 0.328 e. The largest absolute Gasteiger partial charge is 0.390 e. The molecule has 3 aromatic heterocycles. The zero-order valence-electron chi connectivity index (χ0n) is 29.1. The van der Waals surface area contributed by atoms with Gasteiger partial charge in [-0.05, 0) is 75.9 Å². The second kappa shape index (κ2) is 13.2. The summed E-state index contributed by atoms with van der Waals surface area (Å²) in [6.45, 7) is 5.21. The molecule has 5 aromatic rings. The van der Waals surface area contributed by atoms with Crippen LogP contribution in [0.3, 0.4) is 0 Å². The Kier molecular flexibility index (Phi) is 8.72. The Morgan fingerprint density at radius 3 is 2.49 bits per heavy atom. The number of hydrogen-bond donors (Lipinski definition) is 4. The van der Waals surface area contributed by atoms with E-state index in [-0.39, 0.29) is 23.5 Å². The van der Waals surface area contributed by atoms with Gasteiger partial charge in [0.1, 0.15) is 11.6 Å². The Hall–Kier alpha value is -5.75. The molecule has 4 N–H and O–H groups in total. The minimum absolute atomic E-state index is 0.164. The molecule has 264 valence electrons. The van der Waals surface area contributed by atoms with Gasteiger partial charge >= 0.3 is 5.69 Å². The highest BCUT2D eigenvalue weighted by atomic mass is 16.3. The van der Waals surface area contributed by atoms with Gasteiger partial charge in [-0.1, -0.05) is 0 Å². The molecule has 0 saturated carbocycles. The summed E-state index contributed by atoms with van der Waals surface area (Å²) in [4.78, 5) is 48.5. The van der Waals surface area contributed by atoms with E-state index in [9.17, 15) is 24.8 Å². The lowest BCUT2D eigenvalue weighted by molar-refractivity contribution is -0.134. The van der Waals surface area contributed by atoms with E-state index in [1.165, 1.54) is 6.20 Å². The lowest BCUT2D eigenvalue weighted by atomic mass is 9.93. The van der Waals surface area contributed by atoms with Crippen molar-refractivity contribution >= 4 is 56.9 Å². The minimum Gasteiger partial charge on any atom is -0.390 e. The van der Waals surface area contributed by atoms with Crippen LogP contribution in [0.25, 0.3) is 21.9 Å². The molecule has 7 rings (SSSR count). The molecule has 0 radical (unpaired) electrons. The number of nitriles is 1. The molecule has 5 heterocycles. The molecule has 2 amide bonds. The van der Waals surface area contributed by atoms with E-state index in [0.717, 1.165) is 40.5 Å². The van der Waals surface area contributed by atoms with Gasteiger partial charge in [0.25, 0.3) is 0 Å². The summed E-state index contributed by atoms with van der Waals surface area (Å²) in [6, 6.07) is 14.0. The van der Waals surface area contributed by atoms with Crippen molar-refractivity contribution in [1.82, 2.24) is 34.2 Å². The molecule has 51 heavy (non-hydrogen) atoms. The van der Waals surface area contributed by atoms with E-state index >= 15 is 0 Å². The predicted molar refractivity (Wildman–Crippen MR) is 193 cm³/mol. The minimum atomic E-state index is -0.916. The number of imidazole rings is 1. The normalized spacial score (nSPS) is 17.2. The highest BCUT2D eigenvalue weighted by Crippen LogP contribution is 2.32. The SMILES string of the molecule is Cn1nc(C2CCC(=O)NC2=O)c2ccc(NC3CCN(c4ncc(C#N)c(Nc5ccc6c(c5)n(CCC(C)(C)O)c(=O)n6C)n4)CC3)cc21. The maximum atomic E-state index is 13.0. The molecule has 0 spiro atoms. The number of benzene rings is 2. The fraction of sp³-hybridized carbons (Fsp3) is 0.417. The first-order valence-corrected chi connectivity index (χ1v) is 17.2. The zero-order chi connectivity index (χ0) is 36.0. The molecule has 2 saturated heterocycles. The number of aryl methyl sites for hydroxylation is 3. The summed E-state index contributed by atoms with van der Waals surface area (Å²) in [5.74, 6) is -0.0859. The molecule has 1 atom stereocenters. The van der Waals surface area contributed by atoms with Gasteiger partial charge in [-0.15, -0.1) is 0 Å². The van der Waals surface area contributed by atoms with Crippen LogP contribution in [-0.4, -0.2) is 70.5 Å². The molecule has 0 bridgehead atoms. The lowest BCUT2D eigenvalue weighted by Crippen LogP contribution is -2.40. The first kappa shape index (κ1) is 33.7. The Balaban J connectivity index is 1.03. The second-order valence-electron chi connectivity index (χ2n) is 14.1. The molecular formula is C36H41N11O4. The number of nitrogens with one attached hydrogen (secondary N) is 3. The number of carbonyl (C=O) groups is 2. The number of piperidine rings is 2. The number of nitrogens with zero attached hydrogens (tertiary/aromatic N) is 8. The molecule has 2 aliphatic heterocycles. The highest BCUT2D eigenvalue weighted by molar-refractivity contribution is 6.02. The number of aliphatic hydroxyl groups is 1. The van der Waals surface area contributed by atoms with Crippen molar-refractivity contribution in [1.29, 1.82) is 5.26 Å². The van der Waals surface area contributed by atoms with Gasteiger partial charge < -0.3 is 20.6 Å². The maximum Gasteiger partial charge on any atom is 0.328 e. The van der Waals surface area contributed by atoms with E-state index in [2.05, 4.69) is 37.0 Å². The van der Waals surface area contributed by atoms with Crippen LogP contribution in [0.2, 0.25) is 0 Å². The van der Waals surface area contributed by atoms with Crippen molar-refractivity contribution in [2.24, 2.45) is 14.1 Å². The number of imide groups is 1. The fourth-order valence-electron chi connectivity index (χ4n) is 6.97. The highest BCUT2D eigenvalue weighted by Gasteiger charge is 2.32. The molecule has 0 aliphatic carbocycles. The van der Waals surface area contributed by atoms with E-state index in [1.807, 2.05) is 43.4 Å². The van der Waals surface area contributed by atoms with Crippen LogP contribution in [0.1, 0.15) is 63.1 Å². The lowest BCUT2D eigenvalue weighted by Gasteiger charge is -2.33.